The number of nitrogens with zero attached hydrogens (tertiary/aromatic N) is 3. The average Bonchev–Trinajstić information content (AvgIpc) is 2.88. The summed E-state index contributed by atoms with van der Waals surface area (Å²) in [6.45, 7) is 6.51. The number of piperazine rings is 1. The Kier molecular flexibility index (Phi) is 3.52. The molecule has 0 saturated carbocycles. The van der Waals surface area contributed by atoms with Gasteiger partial charge in [-0.25, -0.2) is 4.98 Å². The van der Waals surface area contributed by atoms with E-state index >= 15 is 0 Å². The second-order valence-corrected chi connectivity index (χ2v) is 6.00. The zero-order valence-corrected chi connectivity index (χ0v) is 12.3. The van der Waals surface area contributed by atoms with E-state index < -0.39 is 0 Å². The molecule has 110 valence electrons. The minimum atomic E-state index is 0.0646. The standard InChI is InChI=1S/C14H23N5O/c1-11-12(17-10-16-11)13(20)19-8-7-18(2)14(9-19)3-5-15-6-4-14/h10,15H,3-9H2,1-2H3,(H,16,17). The molecule has 0 aromatic carbocycles. The number of hydrogen-bond acceptors (Lipinski definition) is 4. The molecule has 0 radical (unpaired) electrons. The largest absolute Gasteiger partial charge is 0.348 e. The van der Waals surface area contributed by atoms with Crippen molar-refractivity contribution < 1.29 is 4.79 Å². The molecular formula is C14H23N5O. The van der Waals surface area contributed by atoms with Crippen LogP contribution in [0.3, 0.4) is 0 Å². The highest BCUT2D eigenvalue weighted by molar-refractivity contribution is 5.93. The quantitative estimate of drug-likeness (QED) is 0.771. The Hall–Kier alpha value is -1.40. The molecule has 1 amide bonds. The highest BCUT2D eigenvalue weighted by Crippen LogP contribution is 2.29. The minimum absolute atomic E-state index is 0.0646. The van der Waals surface area contributed by atoms with E-state index in [-0.39, 0.29) is 11.4 Å². The number of hydrogen-bond donors (Lipinski definition) is 2. The van der Waals surface area contributed by atoms with Gasteiger partial charge in [-0.15, -0.1) is 0 Å². The summed E-state index contributed by atoms with van der Waals surface area (Å²) < 4.78 is 0. The first-order valence-electron chi connectivity index (χ1n) is 7.34. The molecular weight excluding hydrogens is 254 g/mol. The summed E-state index contributed by atoms with van der Waals surface area (Å²) in [4.78, 5) is 24.2. The predicted molar refractivity (Wildman–Crippen MR) is 76.7 cm³/mol. The van der Waals surface area contributed by atoms with Gasteiger partial charge in [0.15, 0.2) is 0 Å². The van der Waals surface area contributed by atoms with E-state index in [1.54, 1.807) is 6.33 Å². The van der Waals surface area contributed by atoms with Crippen molar-refractivity contribution in [1.82, 2.24) is 25.1 Å². The van der Waals surface area contributed by atoms with E-state index in [1.807, 2.05) is 11.8 Å². The van der Waals surface area contributed by atoms with Gasteiger partial charge in [0.05, 0.1) is 6.33 Å². The summed E-state index contributed by atoms with van der Waals surface area (Å²) in [7, 11) is 2.19. The zero-order chi connectivity index (χ0) is 14.2. The van der Waals surface area contributed by atoms with E-state index in [2.05, 4.69) is 27.2 Å². The molecule has 20 heavy (non-hydrogen) atoms. The van der Waals surface area contributed by atoms with Crippen LogP contribution in [0, 0.1) is 6.92 Å². The molecule has 2 aliphatic rings. The molecule has 2 fully saturated rings. The van der Waals surface area contributed by atoms with Crippen molar-refractivity contribution in [2.75, 3.05) is 39.8 Å². The Morgan fingerprint density at radius 1 is 1.35 bits per heavy atom. The van der Waals surface area contributed by atoms with Gasteiger partial charge in [-0.05, 0) is 39.9 Å². The molecule has 1 aromatic rings. The molecule has 1 aromatic heterocycles. The molecule has 2 N–H and O–H groups in total. The molecule has 2 aliphatic heterocycles. The van der Waals surface area contributed by atoms with Crippen molar-refractivity contribution in [3.8, 4) is 0 Å². The summed E-state index contributed by atoms with van der Waals surface area (Å²) in [6.07, 6.45) is 3.80. The third-order valence-corrected chi connectivity index (χ3v) is 4.85. The van der Waals surface area contributed by atoms with Crippen molar-refractivity contribution >= 4 is 5.91 Å². The van der Waals surface area contributed by atoms with Crippen LogP contribution in [0.25, 0.3) is 0 Å². The molecule has 6 heteroatoms. The fourth-order valence-corrected chi connectivity index (χ4v) is 3.39. The van der Waals surface area contributed by atoms with Gasteiger partial charge in [-0.2, -0.15) is 0 Å². The summed E-state index contributed by atoms with van der Waals surface area (Å²) in [5, 5.41) is 3.41. The number of aryl methyl sites for hydroxylation is 1. The topological polar surface area (TPSA) is 64.3 Å². The SMILES string of the molecule is Cc1[nH]cnc1C(=O)N1CCN(C)C2(CCNCC2)C1. The highest BCUT2D eigenvalue weighted by atomic mass is 16.2. The first-order chi connectivity index (χ1) is 9.62. The van der Waals surface area contributed by atoms with Crippen LogP contribution in [0.2, 0.25) is 0 Å². The lowest BCUT2D eigenvalue weighted by molar-refractivity contribution is -0.00124. The van der Waals surface area contributed by atoms with Crippen LogP contribution in [-0.2, 0) is 0 Å². The molecule has 3 rings (SSSR count). The van der Waals surface area contributed by atoms with Gasteiger partial charge < -0.3 is 15.2 Å². The number of imidazole rings is 1. The van der Waals surface area contributed by atoms with Crippen molar-refractivity contribution in [2.45, 2.75) is 25.3 Å². The molecule has 3 heterocycles. The predicted octanol–water partition coefficient (Wildman–Crippen LogP) is 0.228. The number of carbonyl (C=O) groups is 1. The van der Waals surface area contributed by atoms with Crippen LogP contribution < -0.4 is 5.32 Å². The van der Waals surface area contributed by atoms with Crippen molar-refractivity contribution in [3.63, 3.8) is 0 Å². The summed E-state index contributed by atoms with van der Waals surface area (Å²) in [6, 6.07) is 0. The molecule has 2 saturated heterocycles. The fourth-order valence-electron chi connectivity index (χ4n) is 3.39. The number of aromatic nitrogens is 2. The summed E-state index contributed by atoms with van der Waals surface area (Å²) >= 11 is 0. The molecule has 0 unspecified atom stereocenters. The Morgan fingerprint density at radius 3 is 2.75 bits per heavy atom. The number of rotatable bonds is 1. The lowest BCUT2D eigenvalue weighted by Crippen LogP contribution is -2.64. The van der Waals surface area contributed by atoms with Gasteiger partial charge in [0.1, 0.15) is 5.69 Å². The Morgan fingerprint density at radius 2 is 2.10 bits per heavy atom. The third kappa shape index (κ3) is 2.23. The number of aromatic amines is 1. The van der Waals surface area contributed by atoms with Gasteiger partial charge in [0, 0.05) is 30.9 Å². The number of likely N-dealkylation sites (N-methyl/N-ethyl adjacent to an activating group) is 1. The van der Waals surface area contributed by atoms with Crippen LogP contribution in [0.4, 0.5) is 0 Å². The monoisotopic (exact) mass is 277 g/mol. The maximum Gasteiger partial charge on any atom is 0.274 e. The Bertz CT molecular complexity index is 492. The van der Waals surface area contributed by atoms with Crippen LogP contribution in [-0.4, -0.2) is 71.0 Å². The lowest BCUT2D eigenvalue weighted by Gasteiger charge is -2.51. The molecule has 0 atom stereocenters. The first kappa shape index (κ1) is 13.6. The zero-order valence-electron chi connectivity index (χ0n) is 12.3. The van der Waals surface area contributed by atoms with Crippen LogP contribution in [0.5, 0.6) is 0 Å². The maximum absolute atomic E-state index is 12.6. The van der Waals surface area contributed by atoms with Gasteiger partial charge in [-0.1, -0.05) is 0 Å². The average molecular weight is 277 g/mol. The van der Waals surface area contributed by atoms with Crippen LogP contribution in [0.15, 0.2) is 6.33 Å². The molecule has 1 spiro atoms. The second-order valence-electron chi connectivity index (χ2n) is 6.00. The maximum atomic E-state index is 12.6. The van der Waals surface area contributed by atoms with E-state index in [0.29, 0.717) is 5.69 Å². The van der Waals surface area contributed by atoms with Crippen molar-refractivity contribution in [3.05, 3.63) is 17.7 Å². The number of carbonyl (C=O) groups excluding carboxylic acids is 1. The van der Waals surface area contributed by atoms with Gasteiger partial charge in [0.2, 0.25) is 0 Å². The highest BCUT2D eigenvalue weighted by Gasteiger charge is 2.42. The van der Waals surface area contributed by atoms with Crippen LogP contribution in [0.1, 0.15) is 29.0 Å². The van der Waals surface area contributed by atoms with E-state index in [9.17, 15) is 4.79 Å². The summed E-state index contributed by atoms with van der Waals surface area (Å²) in [5.74, 6) is 0.0646. The van der Waals surface area contributed by atoms with E-state index in [1.165, 1.54) is 0 Å². The minimum Gasteiger partial charge on any atom is -0.348 e. The van der Waals surface area contributed by atoms with Gasteiger partial charge >= 0.3 is 0 Å². The molecule has 0 bridgehead atoms. The van der Waals surface area contributed by atoms with Crippen LogP contribution >= 0.6 is 0 Å². The molecule has 6 nitrogen and oxygen atoms in total. The second kappa shape index (κ2) is 5.18. The van der Waals surface area contributed by atoms with Gasteiger partial charge in [-0.3, -0.25) is 9.69 Å². The number of amides is 1. The Balaban J connectivity index is 1.78. The molecule has 0 aliphatic carbocycles. The normalized spacial score (nSPS) is 23.2. The van der Waals surface area contributed by atoms with E-state index in [0.717, 1.165) is 51.3 Å². The first-order valence-corrected chi connectivity index (χ1v) is 7.34. The number of H-pyrrole nitrogens is 1. The van der Waals surface area contributed by atoms with Crippen molar-refractivity contribution in [2.24, 2.45) is 0 Å². The van der Waals surface area contributed by atoms with E-state index in [4.69, 9.17) is 0 Å². The third-order valence-electron chi connectivity index (χ3n) is 4.85. The van der Waals surface area contributed by atoms with Gasteiger partial charge in [0.25, 0.3) is 5.91 Å². The Labute approximate surface area is 119 Å². The fraction of sp³-hybridized carbons (Fsp3) is 0.714. The summed E-state index contributed by atoms with van der Waals surface area (Å²) in [5.41, 5.74) is 1.57. The lowest BCUT2D eigenvalue weighted by atomic mass is 9.84. The number of nitrogens with one attached hydrogen (secondary N) is 2. The number of piperidine rings is 1. The smallest absolute Gasteiger partial charge is 0.274 e. The van der Waals surface area contributed by atoms with Crippen molar-refractivity contribution in [1.29, 1.82) is 0 Å².